The van der Waals surface area contributed by atoms with E-state index >= 15 is 0 Å². The number of carbonyl (C=O) groups excluding carboxylic acids is 2. The van der Waals surface area contributed by atoms with Gasteiger partial charge in [-0.05, 0) is 61.4 Å². The molecular weight excluding hydrogens is 327 g/mol. The van der Waals surface area contributed by atoms with Crippen LogP contribution in [-0.4, -0.2) is 11.8 Å². The molecule has 0 fully saturated rings. The Kier molecular flexibility index (Phi) is 4.66. The molecule has 0 unspecified atom stereocenters. The fraction of sp³-hybridized carbons (Fsp3) is 0.333. The first-order valence-electron chi connectivity index (χ1n) is 7.92. The molecule has 1 aromatic heterocycles. The summed E-state index contributed by atoms with van der Waals surface area (Å²) in [4.78, 5) is 26.0. The van der Waals surface area contributed by atoms with E-state index in [-0.39, 0.29) is 11.5 Å². The van der Waals surface area contributed by atoms with Crippen molar-refractivity contribution in [1.82, 2.24) is 10.9 Å². The van der Waals surface area contributed by atoms with E-state index in [1.54, 1.807) is 6.92 Å². The molecule has 1 aliphatic carbocycles. The third-order valence-corrected chi connectivity index (χ3v) is 5.51. The van der Waals surface area contributed by atoms with Crippen LogP contribution >= 0.6 is 11.3 Å². The third kappa shape index (κ3) is 3.48. The summed E-state index contributed by atoms with van der Waals surface area (Å²) in [5.74, 6) is -0.701. The molecule has 0 radical (unpaired) electrons. The van der Waals surface area contributed by atoms with Gasteiger partial charge in [-0.15, -0.1) is 11.3 Å². The molecular formula is C18H19FN2O2S. The first-order chi connectivity index (χ1) is 11.4. The fourth-order valence-electron chi connectivity index (χ4n) is 2.80. The van der Waals surface area contributed by atoms with Crippen molar-refractivity contribution in [1.29, 1.82) is 0 Å². The zero-order chi connectivity index (χ0) is 17.3. The van der Waals surface area contributed by atoms with E-state index in [1.165, 1.54) is 33.9 Å². The molecule has 6 heteroatoms. The standard InChI is InChI=1S/C18H19FN2O2S/c1-10-3-6-15-13(7-10)9-16(24-15)18(23)21-20-17(22)12-5-4-11(2)14(19)8-12/h4-5,8-10H,3,6-7H2,1-2H3,(H,20,22)(H,21,23)/t10-/m1/s1. The van der Waals surface area contributed by atoms with Crippen molar-refractivity contribution in [3.05, 3.63) is 56.5 Å². The molecule has 1 aromatic carbocycles. The number of amides is 2. The van der Waals surface area contributed by atoms with Gasteiger partial charge in [0, 0.05) is 10.4 Å². The molecule has 24 heavy (non-hydrogen) atoms. The van der Waals surface area contributed by atoms with Gasteiger partial charge in [0.2, 0.25) is 0 Å². The van der Waals surface area contributed by atoms with E-state index in [9.17, 15) is 14.0 Å². The highest BCUT2D eigenvalue weighted by molar-refractivity contribution is 7.14. The smallest absolute Gasteiger partial charge is 0.267 e. The molecule has 3 rings (SSSR count). The van der Waals surface area contributed by atoms with E-state index in [0.29, 0.717) is 16.4 Å². The third-order valence-electron chi connectivity index (χ3n) is 4.28. The van der Waals surface area contributed by atoms with Crippen LogP contribution in [0.5, 0.6) is 0 Å². The normalized spacial score (nSPS) is 16.4. The van der Waals surface area contributed by atoms with Crippen molar-refractivity contribution >= 4 is 23.2 Å². The molecule has 0 aliphatic heterocycles. The maximum atomic E-state index is 13.5. The summed E-state index contributed by atoms with van der Waals surface area (Å²) in [6.45, 7) is 3.83. The molecule has 0 bridgehead atoms. The highest BCUT2D eigenvalue weighted by atomic mass is 32.1. The van der Waals surface area contributed by atoms with Gasteiger partial charge < -0.3 is 0 Å². The minimum Gasteiger partial charge on any atom is -0.267 e. The number of benzene rings is 1. The minimum atomic E-state index is -0.544. The summed E-state index contributed by atoms with van der Waals surface area (Å²) in [5, 5.41) is 0. The van der Waals surface area contributed by atoms with E-state index in [1.807, 2.05) is 6.07 Å². The topological polar surface area (TPSA) is 58.2 Å². The van der Waals surface area contributed by atoms with Gasteiger partial charge in [0.25, 0.3) is 11.8 Å². The van der Waals surface area contributed by atoms with Crippen molar-refractivity contribution in [3.8, 4) is 0 Å². The van der Waals surface area contributed by atoms with Gasteiger partial charge in [0.05, 0.1) is 4.88 Å². The van der Waals surface area contributed by atoms with E-state index < -0.39 is 11.7 Å². The van der Waals surface area contributed by atoms with Crippen LogP contribution < -0.4 is 10.9 Å². The maximum Gasteiger partial charge on any atom is 0.279 e. The Morgan fingerprint density at radius 1 is 1.21 bits per heavy atom. The number of nitrogens with one attached hydrogen (secondary N) is 2. The van der Waals surface area contributed by atoms with Crippen LogP contribution in [0.3, 0.4) is 0 Å². The van der Waals surface area contributed by atoms with Crippen molar-refractivity contribution in [2.75, 3.05) is 0 Å². The minimum absolute atomic E-state index is 0.165. The van der Waals surface area contributed by atoms with Gasteiger partial charge in [0.1, 0.15) is 5.82 Å². The lowest BCUT2D eigenvalue weighted by Crippen LogP contribution is -2.41. The molecule has 0 spiro atoms. The summed E-state index contributed by atoms with van der Waals surface area (Å²) in [6, 6.07) is 6.11. The summed E-state index contributed by atoms with van der Waals surface area (Å²) in [7, 11) is 0. The van der Waals surface area contributed by atoms with Crippen LogP contribution in [0.4, 0.5) is 4.39 Å². The van der Waals surface area contributed by atoms with Crippen LogP contribution in [0, 0.1) is 18.7 Å². The quantitative estimate of drug-likeness (QED) is 0.819. The van der Waals surface area contributed by atoms with Crippen LogP contribution in [0.15, 0.2) is 24.3 Å². The molecule has 2 aromatic rings. The Morgan fingerprint density at radius 3 is 2.71 bits per heavy atom. The van der Waals surface area contributed by atoms with Crippen LogP contribution in [-0.2, 0) is 12.8 Å². The Labute approximate surface area is 144 Å². The summed E-state index contributed by atoms with van der Waals surface area (Å²) in [6.07, 6.45) is 3.14. The molecule has 1 atom stereocenters. The van der Waals surface area contributed by atoms with E-state index in [4.69, 9.17) is 0 Å². The molecule has 1 heterocycles. The zero-order valence-corrected chi connectivity index (χ0v) is 14.4. The number of aryl methyl sites for hydroxylation is 2. The van der Waals surface area contributed by atoms with Crippen LogP contribution in [0.25, 0.3) is 0 Å². The lowest BCUT2D eigenvalue weighted by atomic mass is 9.90. The van der Waals surface area contributed by atoms with E-state index in [2.05, 4.69) is 17.8 Å². The Morgan fingerprint density at radius 2 is 1.96 bits per heavy atom. The number of hydrogen-bond acceptors (Lipinski definition) is 3. The molecule has 2 amide bonds. The van der Waals surface area contributed by atoms with Crippen molar-refractivity contribution in [3.63, 3.8) is 0 Å². The van der Waals surface area contributed by atoms with Gasteiger partial charge >= 0.3 is 0 Å². The van der Waals surface area contributed by atoms with Crippen molar-refractivity contribution in [2.24, 2.45) is 5.92 Å². The first kappa shape index (κ1) is 16.6. The van der Waals surface area contributed by atoms with Gasteiger partial charge in [0.15, 0.2) is 0 Å². The lowest BCUT2D eigenvalue weighted by molar-refractivity contribution is 0.0848. The molecule has 0 saturated heterocycles. The fourth-order valence-corrected chi connectivity index (χ4v) is 3.90. The number of fused-ring (bicyclic) bond motifs is 1. The second kappa shape index (κ2) is 6.73. The average Bonchev–Trinajstić information content (AvgIpc) is 2.98. The Hall–Kier alpha value is -2.21. The average molecular weight is 346 g/mol. The largest absolute Gasteiger partial charge is 0.279 e. The lowest BCUT2D eigenvalue weighted by Gasteiger charge is -2.16. The second-order valence-corrected chi connectivity index (χ2v) is 7.42. The van der Waals surface area contributed by atoms with Crippen LogP contribution in [0.1, 0.15) is 49.4 Å². The second-order valence-electron chi connectivity index (χ2n) is 6.28. The number of carbonyl (C=O) groups is 2. The van der Waals surface area contributed by atoms with Crippen molar-refractivity contribution in [2.45, 2.75) is 33.1 Å². The van der Waals surface area contributed by atoms with Gasteiger partial charge in [-0.1, -0.05) is 13.0 Å². The first-order valence-corrected chi connectivity index (χ1v) is 8.74. The highest BCUT2D eigenvalue weighted by Gasteiger charge is 2.21. The number of halogens is 1. The molecule has 0 saturated carbocycles. The Balaban J connectivity index is 1.63. The van der Waals surface area contributed by atoms with Gasteiger partial charge in [-0.3, -0.25) is 20.4 Å². The Bertz CT molecular complexity index is 800. The summed E-state index contributed by atoms with van der Waals surface area (Å²) >= 11 is 1.47. The predicted octanol–water partition coefficient (Wildman–Crippen LogP) is 3.40. The van der Waals surface area contributed by atoms with Gasteiger partial charge in [-0.2, -0.15) is 0 Å². The molecule has 126 valence electrons. The monoisotopic (exact) mass is 346 g/mol. The number of thiophene rings is 1. The summed E-state index contributed by atoms with van der Waals surface area (Å²) in [5.41, 5.74) is 6.60. The van der Waals surface area contributed by atoms with Gasteiger partial charge in [-0.25, -0.2) is 4.39 Å². The molecule has 1 aliphatic rings. The molecule has 2 N–H and O–H groups in total. The highest BCUT2D eigenvalue weighted by Crippen LogP contribution is 2.32. The van der Waals surface area contributed by atoms with E-state index in [0.717, 1.165) is 25.3 Å². The molecule has 4 nitrogen and oxygen atoms in total. The predicted molar refractivity (Wildman–Crippen MR) is 91.6 cm³/mol. The zero-order valence-electron chi connectivity index (χ0n) is 13.6. The summed E-state index contributed by atoms with van der Waals surface area (Å²) < 4.78 is 13.5. The number of hydrazine groups is 1. The van der Waals surface area contributed by atoms with Crippen LogP contribution in [0.2, 0.25) is 0 Å². The SMILES string of the molecule is Cc1ccc(C(=O)NNC(=O)c2cc3c(s2)CC[C@@H](C)C3)cc1F. The van der Waals surface area contributed by atoms with Crippen molar-refractivity contribution < 1.29 is 14.0 Å². The number of hydrogen-bond donors (Lipinski definition) is 2. The number of rotatable bonds is 2. The maximum absolute atomic E-state index is 13.5.